The van der Waals surface area contributed by atoms with Crippen molar-refractivity contribution in [3.8, 4) is 0 Å². The smallest absolute Gasteiger partial charge is 0.0405 e. The van der Waals surface area contributed by atoms with Gasteiger partial charge in [0.2, 0.25) is 0 Å². The third-order valence-electron chi connectivity index (χ3n) is 16.6. The predicted octanol–water partition coefficient (Wildman–Crippen LogP) is 11.6. The van der Waals surface area contributed by atoms with Gasteiger partial charge in [0, 0.05) is 17.2 Å². The Labute approximate surface area is 311 Å². The van der Waals surface area contributed by atoms with Gasteiger partial charge in [-0.1, -0.05) is 74.4 Å². The fourth-order valence-corrected chi connectivity index (χ4v) is 21.3. The molecular weight excluding hydrogens is 642 g/mol. The molecule has 2 N–H and O–H groups in total. The highest BCUT2D eigenvalue weighted by Gasteiger charge is 2.63. The summed E-state index contributed by atoms with van der Waals surface area (Å²) in [6.45, 7) is 17.4. The Morgan fingerprint density at radius 3 is 1.30 bits per heavy atom. The lowest BCUT2D eigenvalue weighted by molar-refractivity contribution is 0.0184. The van der Waals surface area contributed by atoms with Crippen molar-refractivity contribution in [3.63, 3.8) is 0 Å². The summed E-state index contributed by atoms with van der Waals surface area (Å²) in [7, 11) is 3.57. The Morgan fingerprint density at radius 1 is 0.580 bits per heavy atom. The third-order valence-corrected chi connectivity index (χ3v) is 21.7. The molecule has 8 aliphatic carbocycles. The summed E-state index contributed by atoms with van der Waals surface area (Å²) in [5.74, 6) is 6.29. The molecule has 2 heterocycles. The third kappa shape index (κ3) is 6.09. The average molecular weight is 717 g/mol. The van der Waals surface area contributed by atoms with Crippen molar-refractivity contribution >= 4 is 17.2 Å². The Hall–Kier alpha value is 0. The molecule has 0 radical (unpaired) electrons. The Morgan fingerprint density at radius 2 is 0.960 bits per heavy atom. The maximum atomic E-state index is 4.20. The molecule has 8 bridgehead atoms. The highest BCUT2D eigenvalue weighted by molar-refractivity contribution is 7.60. The zero-order valence-corrected chi connectivity index (χ0v) is 35.2. The number of piperidine rings is 2. The highest BCUT2D eigenvalue weighted by atomic mass is 31.1. The Bertz CT molecular complexity index is 1290. The van der Waals surface area contributed by atoms with E-state index in [0.717, 1.165) is 35.5 Å². The molecule has 2 aliphatic heterocycles. The molecule has 11 rings (SSSR count). The first-order valence-electron chi connectivity index (χ1n) is 22.0. The molecule has 0 spiro atoms. The summed E-state index contributed by atoms with van der Waals surface area (Å²) >= 11 is 0. The summed E-state index contributed by atoms with van der Waals surface area (Å²) in [6, 6.07) is 6.81. The predicted molar refractivity (Wildman–Crippen MR) is 219 cm³/mol. The number of nitrogens with one attached hydrogen (secondary N) is 2. The molecule has 10 aliphatic rings. The van der Waals surface area contributed by atoms with Gasteiger partial charge in [0.25, 0.3) is 0 Å². The van der Waals surface area contributed by atoms with Gasteiger partial charge in [-0.3, -0.25) is 0 Å². The summed E-state index contributed by atoms with van der Waals surface area (Å²) in [5.41, 5.74) is 7.09. The molecule has 4 heteroatoms. The molecule has 278 valence electrons. The van der Waals surface area contributed by atoms with Gasteiger partial charge in [-0.25, -0.2) is 0 Å². The van der Waals surface area contributed by atoms with Crippen LogP contribution in [0.2, 0.25) is 0 Å². The van der Waals surface area contributed by atoms with E-state index >= 15 is 0 Å². The van der Waals surface area contributed by atoms with Gasteiger partial charge in [0.15, 0.2) is 0 Å². The maximum Gasteiger partial charge on any atom is 0.0405 e. The van der Waals surface area contributed by atoms with E-state index in [1.54, 1.807) is 93.7 Å². The first kappa shape index (κ1) is 35.7. The number of rotatable bonds is 7. The average Bonchev–Trinajstić information content (AvgIpc) is 3.05. The summed E-state index contributed by atoms with van der Waals surface area (Å²) in [5, 5.41) is 9.75. The van der Waals surface area contributed by atoms with Crippen LogP contribution in [0.4, 0.5) is 0 Å². The van der Waals surface area contributed by atoms with Crippen LogP contribution in [-0.4, -0.2) is 35.5 Å². The molecule has 8 saturated carbocycles. The van der Waals surface area contributed by atoms with Crippen molar-refractivity contribution in [2.24, 2.45) is 35.5 Å². The van der Waals surface area contributed by atoms with E-state index in [4.69, 9.17) is 0 Å². The molecule has 3 unspecified atom stereocenters. The van der Waals surface area contributed by atoms with Crippen LogP contribution in [-0.2, 0) is 22.1 Å². The maximum absolute atomic E-state index is 4.20. The Kier molecular flexibility index (Phi) is 9.12. The minimum Gasteiger partial charge on any atom is -0.313 e. The topological polar surface area (TPSA) is 24.1 Å². The van der Waals surface area contributed by atoms with E-state index in [-0.39, 0.29) is 23.9 Å². The largest absolute Gasteiger partial charge is 0.313 e. The molecular formula is C46H74N2P2. The monoisotopic (exact) mass is 717 g/mol. The second-order valence-corrected chi connectivity index (χ2v) is 26.4. The molecule has 0 aromatic heterocycles. The van der Waals surface area contributed by atoms with Crippen LogP contribution in [0, 0.1) is 35.5 Å². The first-order chi connectivity index (χ1) is 23.7. The van der Waals surface area contributed by atoms with Crippen molar-refractivity contribution in [3.05, 3.63) is 34.4 Å². The molecule has 1 aromatic carbocycles. The number of hydrogen-bond acceptors (Lipinski definition) is 2. The standard InChI is InChI=1S/C46H74N2P2/c1-42(2,3)38-21-36(37(22-39(38)43(4,5)6)46(49,40-11-7-9-13-47-40)41-12-8-10-14-48-41)29-50(44-23-30-15-31(24-44)17-32(16-30)25-44)45-26-33-18-34(27-45)20-35(19-33)28-45/h21-22,30-35,40-41,47-48H,7-20,23-29,49H2,1-6H3. The van der Waals surface area contributed by atoms with Crippen LogP contribution in [0.1, 0.15) is 179 Å². The number of benzene rings is 1. The zero-order valence-electron chi connectivity index (χ0n) is 33.1. The van der Waals surface area contributed by atoms with Crippen molar-refractivity contribution in [2.75, 3.05) is 13.1 Å². The molecule has 3 atom stereocenters. The fraction of sp³-hybridized carbons (Fsp3) is 0.870. The van der Waals surface area contributed by atoms with E-state index in [0.29, 0.717) is 22.4 Å². The summed E-state index contributed by atoms with van der Waals surface area (Å²) in [4.78, 5) is 0. The van der Waals surface area contributed by atoms with Gasteiger partial charge in [-0.15, -0.1) is 9.24 Å². The van der Waals surface area contributed by atoms with E-state index in [9.17, 15) is 0 Å². The second-order valence-electron chi connectivity index (χ2n) is 22.4. The van der Waals surface area contributed by atoms with Crippen LogP contribution in [0.15, 0.2) is 12.1 Å². The van der Waals surface area contributed by atoms with Crippen LogP contribution in [0.25, 0.3) is 0 Å². The van der Waals surface area contributed by atoms with E-state index < -0.39 is 0 Å². The molecule has 10 fully saturated rings. The van der Waals surface area contributed by atoms with E-state index in [1.165, 1.54) is 57.8 Å². The SMILES string of the molecule is CC(C)(C)c1cc(CP(C23CC4CC(CC(C4)C2)C3)C23CC4CC(CC(C4)C2)C3)c(C(P)(C2CCCCN2)C2CCCCN2)cc1C(C)(C)C. The normalized spacial score (nSPS) is 42.9. The lowest BCUT2D eigenvalue weighted by Gasteiger charge is -2.67. The van der Waals surface area contributed by atoms with Gasteiger partial charge in [0.05, 0.1) is 0 Å². The van der Waals surface area contributed by atoms with Crippen LogP contribution in [0.3, 0.4) is 0 Å². The van der Waals surface area contributed by atoms with Gasteiger partial charge in [-0.05, 0) is 201 Å². The fourth-order valence-electron chi connectivity index (χ4n) is 15.4. The van der Waals surface area contributed by atoms with E-state index in [1.807, 2.05) is 5.56 Å². The van der Waals surface area contributed by atoms with Gasteiger partial charge >= 0.3 is 0 Å². The van der Waals surface area contributed by atoms with E-state index in [2.05, 4.69) is 73.5 Å². The van der Waals surface area contributed by atoms with Gasteiger partial charge < -0.3 is 10.6 Å². The minimum atomic E-state index is -0.119. The zero-order chi connectivity index (χ0) is 34.7. The van der Waals surface area contributed by atoms with Crippen molar-refractivity contribution in [2.45, 2.75) is 202 Å². The van der Waals surface area contributed by atoms with Crippen LogP contribution < -0.4 is 10.6 Å². The highest BCUT2D eigenvalue weighted by Crippen LogP contribution is 2.80. The van der Waals surface area contributed by atoms with Crippen molar-refractivity contribution in [1.29, 1.82) is 0 Å². The lowest BCUT2D eigenvalue weighted by Crippen LogP contribution is -2.59. The minimum absolute atomic E-state index is 0.0243. The van der Waals surface area contributed by atoms with Crippen molar-refractivity contribution in [1.82, 2.24) is 10.6 Å². The van der Waals surface area contributed by atoms with Gasteiger partial charge in [0.1, 0.15) is 0 Å². The summed E-state index contributed by atoms with van der Waals surface area (Å²) in [6.07, 6.45) is 28.6. The second kappa shape index (κ2) is 12.8. The first-order valence-corrected chi connectivity index (χ1v) is 24.1. The molecule has 2 saturated heterocycles. The van der Waals surface area contributed by atoms with Crippen molar-refractivity contribution < 1.29 is 0 Å². The van der Waals surface area contributed by atoms with Crippen LogP contribution >= 0.6 is 17.2 Å². The Balaban J connectivity index is 1.24. The molecule has 0 amide bonds. The molecule has 1 aromatic rings. The number of hydrogen-bond donors (Lipinski definition) is 2. The molecule has 50 heavy (non-hydrogen) atoms. The quantitative estimate of drug-likeness (QED) is 0.275. The van der Waals surface area contributed by atoms with Gasteiger partial charge in [-0.2, -0.15) is 0 Å². The lowest BCUT2D eigenvalue weighted by atomic mass is 9.55. The van der Waals surface area contributed by atoms with Crippen LogP contribution in [0.5, 0.6) is 0 Å². The molecule has 2 nitrogen and oxygen atoms in total. The summed E-state index contributed by atoms with van der Waals surface area (Å²) < 4.78 is 0.